The minimum atomic E-state index is -0.105. The average Bonchev–Trinajstić information content (AvgIpc) is 2.38. The van der Waals surface area contributed by atoms with E-state index in [1.165, 1.54) is 12.4 Å². The number of hydrogen-bond acceptors (Lipinski definition) is 5. The van der Waals surface area contributed by atoms with E-state index in [-0.39, 0.29) is 17.4 Å². The molecule has 1 atom stereocenters. The van der Waals surface area contributed by atoms with Crippen molar-refractivity contribution in [1.29, 1.82) is 0 Å². The van der Waals surface area contributed by atoms with Crippen LogP contribution in [0.1, 0.15) is 24.3 Å². The third-order valence-corrected chi connectivity index (χ3v) is 4.59. The molecule has 0 spiro atoms. The van der Waals surface area contributed by atoms with Crippen LogP contribution in [0.5, 0.6) is 0 Å². The Hall–Kier alpha value is -1.30. The van der Waals surface area contributed by atoms with Crippen molar-refractivity contribution in [2.45, 2.75) is 19.1 Å². The Bertz CT molecular complexity index is 438. The molecular weight excluding hydrogens is 248 g/mol. The van der Waals surface area contributed by atoms with Crippen molar-refractivity contribution >= 4 is 23.5 Å². The molecule has 1 aromatic rings. The molecule has 1 aliphatic rings. The molecule has 0 radical (unpaired) electrons. The van der Waals surface area contributed by atoms with Gasteiger partial charge < -0.3 is 10.6 Å². The van der Waals surface area contributed by atoms with Crippen LogP contribution in [0.3, 0.4) is 0 Å². The van der Waals surface area contributed by atoms with E-state index in [0.717, 1.165) is 18.8 Å². The molecule has 1 aliphatic heterocycles. The van der Waals surface area contributed by atoms with Gasteiger partial charge in [0.05, 0.1) is 0 Å². The van der Waals surface area contributed by atoms with Gasteiger partial charge in [0.15, 0.2) is 11.5 Å². The fourth-order valence-corrected chi connectivity index (χ4v) is 3.23. The molecule has 2 heterocycles. The van der Waals surface area contributed by atoms with Crippen molar-refractivity contribution in [1.82, 2.24) is 14.9 Å². The van der Waals surface area contributed by atoms with Gasteiger partial charge in [0, 0.05) is 36.5 Å². The Balaban J connectivity index is 2.12. The van der Waals surface area contributed by atoms with E-state index in [1.54, 1.807) is 0 Å². The van der Waals surface area contributed by atoms with E-state index in [0.29, 0.717) is 11.2 Å². The van der Waals surface area contributed by atoms with Gasteiger partial charge in [-0.15, -0.1) is 0 Å². The molecule has 0 aromatic carbocycles. The van der Waals surface area contributed by atoms with E-state index in [1.807, 2.05) is 16.7 Å². The van der Waals surface area contributed by atoms with Crippen LogP contribution in [-0.2, 0) is 0 Å². The number of rotatable bonds is 2. The van der Waals surface area contributed by atoms with Crippen molar-refractivity contribution in [3.05, 3.63) is 18.1 Å². The summed E-state index contributed by atoms with van der Waals surface area (Å²) in [5.74, 6) is 1.63. The van der Waals surface area contributed by atoms with E-state index in [9.17, 15) is 4.79 Å². The Kier molecular flexibility index (Phi) is 4.06. The molecule has 5 nitrogen and oxygen atoms in total. The SMILES string of the molecule is CC(C)[C@H]1CN(C(=O)c2nccnc2N)CCS1. The third kappa shape index (κ3) is 2.75. The first-order chi connectivity index (χ1) is 8.59. The summed E-state index contributed by atoms with van der Waals surface area (Å²) in [4.78, 5) is 22.1. The summed E-state index contributed by atoms with van der Waals surface area (Å²) in [6.45, 7) is 5.88. The van der Waals surface area contributed by atoms with E-state index >= 15 is 0 Å². The Morgan fingerprint density at radius 1 is 1.50 bits per heavy atom. The molecule has 0 saturated carbocycles. The van der Waals surface area contributed by atoms with Crippen LogP contribution in [0.25, 0.3) is 0 Å². The van der Waals surface area contributed by atoms with Gasteiger partial charge in [-0.2, -0.15) is 11.8 Å². The van der Waals surface area contributed by atoms with Crippen molar-refractivity contribution in [3.63, 3.8) is 0 Å². The highest BCUT2D eigenvalue weighted by molar-refractivity contribution is 8.00. The third-order valence-electron chi connectivity index (χ3n) is 3.05. The maximum atomic E-state index is 12.3. The van der Waals surface area contributed by atoms with Crippen LogP contribution in [0.4, 0.5) is 5.82 Å². The van der Waals surface area contributed by atoms with Crippen LogP contribution in [0.15, 0.2) is 12.4 Å². The summed E-state index contributed by atoms with van der Waals surface area (Å²) in [5, 5.41) is 0.487. The number of hydrogen-bond donors (Lipinski definition) is 1. The summed E-state index contributed by atoms with van der Waals surface area (Å²) < 4.78 is 0. The molecule has 1 aromatic heterocycles. The topological polar surface area (TPSA) is 72.1 Å². The Morgan fingerprint density at radius 2 is 2.22 bits per heavy atom. The lowest BCUT2D eigenvalue weighted by Crippen LogP contribution is -2.44. The van der Waals surface area contributed by atoms with Crippen molar-refractivity contribution < 1.29 is 4.79 Å². The number of amides is 1. The highest BCUT2D eigenvalue weighted by atomic mass is 32.2. The van der Waals surface area contributed by atoms with E-state index in [2.05, 4.69) is 23.8 Å². The number of nitrogens with two attached hydrogens (primary N) is 1. The van der Waals surface area contributed by atoms with Gasteiger partial charge in [-0.1, -0.05) is 13.8 Å². The molecular formula is C12H18N4OS. The molecule has 2 N–H and O–H groups in total. The molecule has 0 bridgehead atoms. The maximum Gasteiger partial charge on any atom is 0.276 e. The number of nitrogen functional groups attached to an aromatic ring is 1. The number of thioether (sulfide) groups is 1. The van der Waals surface area contributed by atoms with Crippen molar-refractivity contribution in [2.75, 3.05) is 24.6 Å². The van der Waals surface area contributed by atoms with E-state index in [4.69, 9.17) is 5.73 Å². The van der Waals surface area contributed by atoms with Crippen LogP contribution in [0, 0.1) is 5.92 Å². The molecule has 1 saturated heterocycles. The van der Waals surface area contributed by atoms with Crippen LogP contribution >= 0.6 is 11.8 Å². The zero-order valence-corrected chi connectivity index (χ0v) is 11.5. The van der Waals surface area contributed by atoms with Crippen LogP contribution in [0.2, 0.25) is 0 Å². The van der Waals surface area contributed by atoms with Gasteiger partial charge >= 0.3 is 0 Å². The predicted molar refractivity (Wildman–Crippen MR) is 73.4 cm³/mol. The second-order valence-electron chi connectivity index (χ2n) is 4.69. The molecule has 6 heteroatoms. The second kappa shape index (κ2) is 5.56. The zero-order chi connectivity index (χ0) is 13.1. The van der Waals surface area contributed by atoms with E-state index < -0.39 is 0 Å². The predicted octanol–water partition coefficient (Wildman–Crippen LogP) is 1.27. The number of carbonyl (C=O) groups is 1. The van der Waals surface area contributed by atoms with Crippen molar-refractivity contribution in [3.8, 4) is 0 Å². The summed E-state index contributed by atoms with van der Waals surface area (Å²) in [6.07, 6.45) is 3.00. The average molecular weight is 266 g/mol. The number of aromatic nitrogens is 2. The Labute approximate surface area is 111 Å². The highest BCUT2D eigenvalue weighted by Gasteiger charge is 2.28. The standard InChI is InChI=1S/C12H18N4OS/c1-8(2)9-7-16(5-6-18-9)12(17)10-11(13)15-4-3-14-10/h3-4,8-9H,5-7H2,1-2H3,(H2,13,15)/t9-/m1/s1. The fourth-order valence-electron chi connectivity index (χ4n) is 1.93. The van der Waals surface area contributed by atoms with Crippen LogP contribution < -0.4 is 5.73 Å². The first-order valence-electron chi connectivity index (χ1n) is 6.07. The Morgan fingerprint density at radius 3 is 2.89 bits per heavy atom. The molecule has 1 amide bonds. The van der Waals surface area contributed by atoms with Gasteiger partial charge in [0.1, 0.15) is 0 Å². The largest absolute Gasteiger partial charge is 0.382 e. The quantitative estimate of drug-likeness (QED) is 0.873. The molecule has 2 rings (SSSR count). The smallest absolute Gasteiger partial charge is 0.276 e. The number of nitrogens with zero attached hydrogens (tertiary/aromatic N) is 3. The van der Waals surface area contributed by atoms with Gasteiger partial charge in [-0.05, 0) is 5.92 Å². The first kappa shape index (κ1) is 13.1. The van der Waals surface area contributed by atoms with Crippen LogP contribution in [-0.4, -0.2) is 44.9 Å². The summed E-state index contributed by atoms with van der Waals surface area (Å²) in [5.41, 5.74) is 5.97. The minimum absolute atomic E-state index is 0.105. The lowest BCUT2D eigenvalue weighted by Gasteiger charge is -2.34. The second-order valence-corrected chi connectivity index (χ2v) is 6.04. The van der Waals surface area contributed by atoms with Gasteiger partial charge in [-0.25, -0.2) is 9.97 Å². The molecule has 0 aliphatic carbocycles. The first-order valence-corrected chi connectivity index (χ1v) is 7.12. The molecule has 1 fully saturated rings. The summed E-state index contributed by atoms with van der Waals surface area (Å²) >= 11 is 1.93. The lowest BCUT2D eigenvalue weighted by molar-refractivity contribution is 0.0751. The summed E-state index contributed by atoms with van der Waals surface area (Å²) in [6, 6.07) is 0. The maximum absolute atomic E-state index is 12.3. The molecule has 98 valence electrons. The van der Waals surface area contributed by atoms with Gasteiger partial charge in [0.25, 0.3) is 5.91 Å². The summed E-state index contributed by atoms with van der Waals surface area (Å²) in [7, 11) is 0. The zero-order valence-electron chi connectivity index (χ0n) is 10.7. The molecule has 18 heavy (non-hydrogen) atoms. The minimum Gasteiger partial charge on any atom is -0.382 e. The monoisotopic (exact) mass is 266 g/mol. The number of anilines is 1. The fraction of sp³-hybridized carbons (Fsp3) is 0.583. The number of carbonyl (C=O) groups excluding carboxylic acids is 1. The lowest BCUT2D eigenvalue weighted by atomic mass is 10.1. The highest BCUT2D eigenvalue weighted by Crippen LogP contribution is 2.25. The van der Waals surface area contributed by atoms with Gasteiger partial charge in [0.2, 0.25) is 0 Å². The molecule has 0 unspecified atom stereocenters. The normalized spacial score (nSPS) is 20.2. The van der Waals surface area contributed by atoms with Crippen molar-refractivity contribution in [2.24, 2.45) is 5.92 Å². The van der Waals surface area contributed by atoms with Gasteiger partial charge in [-0.3, -0.25) is 4.79 Å².